The van der Waals surface area contributed by atoms with Crippen LogP contribution in [-0.4, -0.2) is 32.2 Å². The van der Waals surface area contributed by atoms with Crippen LogP contribution in [0, 0.1) is 0 Å². The van der Waals surface area contributed by atoms with Crippen LogP contribution in [0.15, 0.2) is 47.6 Å². The van der Waals surface area contributed by atoms with Gasteiger partial charge in [0.05, 0.1) is 14.2 Å². The second-order valence-electron chi connectivity index (χ2n) is 4.80. The molecular weight excluding hydrogens is 292 g/mol. The molecule has 0 fully saturated rings. The third-order valence-corrected chi connectivity index (χ3v) is 3.33. The Morgan fingerprint density at radius 3 is 2.43 bits per heavy atom. The summed E-state index contributed by atoms with van der Waals surface area (Å²) in [7, 11) is 5.01. The maximum Gasteiger partial charge on any atom is 0.218 e. The summed E-state index contributed by atoms with van der Waals surface area (Å²) in [6.07, 6.45) is 1.71. The van der Waals surface area contributed by atoms with E-state index >= 15 is 0 Å². The summed E-state index contributed by atoms with van der Waals surface area (Å²) in [5.74, 6) is 2.18. The number of rotatable bonds is 6. The fourth-order valence-corrected chi connectivity index (χ4v) is 2.07. The summed E-state index contributed by atoms with van der Waals surface area (Å²) < 4.78 is 10.4. The van der Waals surface area contributed by atoms with E-state index in [4.69, 9.17) is 9.47 Å². The van der Waals surface area contributed by atoms with Crippen LogP contribution < -0.4 is 20.1 Å². The number of benzene rings is 1. The number of hydrogen-bond acceptors (Lipinski definition) is 4. The average Bonchev–Trinajstić information content (AvgIpc) is 2.62. The maximum absolute atomic E-state index is 5.24. The summed E-state index contributed by atoms with van der Waals surface area (Å²) >= 11 is 0. The smallest absolute Gasteiger partial charge is 0.218 e. The largest absolute Gasteiger partial charge is 0.497 e. The first-order valence-corrected chi connectivity index (χ1v) is 7.32. The van der Waals surface area contributed by atoms with Crippen molar-refractivity contribution in [3.05, 3.63) is 53.7 Å². The van der Waals surface area contributed by atoms with Gasteiger partial charge in [-0.1, -0.05) is 18.2 Å². The molecule has 0 aliphatic carbocycles. The van der Waals surface area contributed by atoms with Gasteiger partial charge >= 0.3 is 0 Å². The number of ether oxygens (including phenoxy) is 2. The second-order valence-corrected chi connectivity index (χ2v) is 4.80. The predicted octanol–water partition coefficient (Wildman–Crippen LogP) is 1.96. The van der Waals surface area contributed by atoms with Crippen LogP contribution in [0.1, 0.15) is 11.1 Å². The molecule has 1 aromatic carbocycles. The van der Waals surface area contributed by atoms with Gasteiger partial charge in [0.25, 0.3) is 0 Å². The van der Waals surface area contributed by atoms with E-state index in [2.05, 4.69) is 20.6 Å². The molecule has 1 heterocycles. The zero-order chi connectivity index (χ0) is 16.5. The molecule has 2 N–H and O–H groups in total. The number of nitrogens with zero attached hydrogens (tertiary/aromatic N) is 2. The third-order valence-electron chi connectivity index (χ3n) is 3.33. The Balaban J connectivity index is 1.88. The van der Waals surface area contributed by atoms with E-state index in [1.165, 1.54) is 0 Å². The highest BCUT2D eigenvalue weighted by molar-refractivity contribution is 5.79. The van der Waals surface area contributed by atoms with E-state index in [-0.39, 0.29) is 0 Å². The summed E-state index contributed by atoms with van der Waals surface area (Å²) in [4.78, 5) is 8.39. The maximum atomic E-state index is 5.24. The minimum Gasteiger partial charge on any atom is -0.497 e. The van der Waals surface area contributed by atoms with Crippen molar-refractivity contribution in [3.8, 4) is 11.6 Å². The van der Waals surface area contributed by atoms with Gasteiger partial charge in [-0.15, -0.1) is 0 Å². The van der Waals surface area contributed by atoms with Crippen LogP contribution in [0.25, 0.3) is 0 Å². The van der Waals surface area contributed by atoms with Crippen molar-refractivity contribution < 1.29 is 9.47 Å². The first-order chi connectivity index (χ1) is 11.3. The molecule has 0 radical (unpaired) electrons. The molecule has 0 saturated heterocycles. The zero-order valence-corrected chi connectivity index (χ0v) is 13.7. The van der Waals surface area contributed by atoms with E-state index in [0.29, 0.717) is 24.9 Å². The Hall–Kier alpha value is -2.76. The minimum atomic E-state index is 0.583. The minimum absolute atomic E-state index is 0.583. The van der Waals surface area contributed by atoms with E-state index < -0.39 is 0 Å². The molecule has 2 rings (SSSR count). The van der Waals surface area contributed by atoms with Crippen molar-refractivity contribution in [2.45, 2.75) is 13.1 Å². The quantitative estimate of drug-likeness (QED) is 0.630. The highest BCUT2D eigenvalue weighted by Gasteiger charge is 2.04. The Kier molecular flexibility index (Phi) is 6.23. The van der Waals surface area contributed by atoms with Gasteiger partial charge in [0.15, 0.2) is 5.96 Å². The van der Waals surface area contributed by atoms with Crippen LogP contribution in [0.5, 0.6) is 11.6 Å². The van der Waals surface area contributed by atoms with Crippen LogP contribution in [0.3, 0.4) is 0 Å². The van der Waals surface area contributed by atoms with Crippen molar-refractivity contribution in [2.75, 3.05) is 21.3 Å². The number of aromatic nitrogens is 1. The summed E-state index contributed by atoms with van der Waals surface area (Å²) in [5.41, 5.74) is 2.12. The fourth-order valence-electron chi connectivity index (χ4n) is 2.07. The Morgan fingerprint density at radius 2 is 1.78 bits per heavy atom. The van der Waals surface area contributed by atoms with Gasteiger partial charge in [0, 0.05) is 31.9 Å². The topological polar surface area (TPSA) is 67.8 Å². The molecule has 0 saturated carbocycles. The molecule has 0 atom stereocenters. The molecule has 0 aliphatic heterocycles. The van der Waals surface area contributed by atoms with Crippen LogP contribution in [-0.2, 0) is 13.1 Å². The summed E-state index contributed by atoms with van der Waals surface area (Å²) in [5, 5.41) is 6.52. The SMILES string of the molecule is CN=C(NCc1ccc(OC)cc1)NCc1cccnc1OC. The zero-order valence-electron chi connectivity index (χ0n) is 13.7. The highest BCUT2D eigenvalue weighted by Crippen LogP contribution is 2.13. The second kappa shape index (κ2) is 8.63. The lowest BCUT2D eigenvalue weighted by molar-refractivity contribution is 0.392. The van der Waals surface area contributed by atoms with Gasteiger partial charge in [-0.2, -0.15) is 0 Å². The lowest BCUT2D eigenvalue weighted by atomic mass is 10.2. The van der Waals surface area contributed by atoms with Crippen molar-refractivity contribution in [2.24, 2.45) is 4.99 Å². The third kappa shape index (κ3) is 4.88. The molecule has 0 amide bonds. The van der Waals surface area contributed by atoms with Crippen molar-refractivity contribution >= 4 is 5.96 Å². The van der Waals surface area contributed by atoms with Crippen molar-refractivity contribution in [1.29, 1.82) is 0 Å². The number of guanidine groups is 1. The highest BCUT2D eigenvalue weighted by atomic mass is 16.5. The fraction of sp³-hybridized carbons (Fsp3) is 0.294. The number of pyridine rings is 1. The first-order valence-electron chi connectivity index (χ1n) is 7.32. The monoisotopic (exact) mass is 314 g/mol. The van der Waals surface area contributed by atoms with Gasteiger partial charge in [0.1, 0.15) is 5.75 Å². The normalized spacial score (nSPS) is 11.0. The lowest BCUT2D eigenvalue weighted by Crippen LogP contribution is -2.36. The number of methoxy groups -OCH3 is 2. The Labute approximate surface area is 136 Å². The van der Waals surface area contributed by atoms with Crippen LogP contribution >= 0.6 is 0 Å². The number of aliphatic imine (C=N–C) groups is 1. The lowest BCUT2D eigenvalue weighted by Gasteiger charge is -2.13. The molecule has 6 heteroatoms. The van der Waals surface area contributed by atoms with Gasteiger partial charge in [0.2, 0.25) is 5.88 Å². The molecule has 0 aliphatic rings. The summed E-state index contributed by atoms with van der Waals surface area (Å²) in [6, 6.07) is 11.8. The van der Waals surface area contributed by atoms with Gasteiger partial charge in [-0.3, -0.25) is 4.99 Å². The molecule has 23 heavy (non-hydrogen) atoms. The molecule has 122 valence electrons. The Morgan fingerprint density at radius 1 is 1.04 bits per heavy atom. The van der Waals surface area contributed by atoms with Gasteiger partial charge in [-0.25, -0.2) is 4.98 Å². The van der Waals surface area contributed by atoms with E-state index in [1.807, 2.05) is 36.4 Å². The summed E-state index contributed by atoms with van der Waals surface area (Å²) in [6.45, 7) is 1.26. The molecule has 1 aromatic heterocycles. The van der Waals surface area contributed by atoms with Crippen molar-refractivity contribution in [3.63, 3.8) is 0 Å². The predicted molar refractivity (Wildman–Crippen MR) is 90.8 cm³/mol. The molecule has 0 spiro atoms. The van der Waals surface area contributed by atoms with Gasteiger partial charge < -0.3 is 20.1 Å². The van der Waals surface area contributed by atoms with E-state index in [1.54, 1.807) is 27.5 Å². The van der Waals surface area contributed by atoms with E-state index in [0.717, 1.165) is 16.9 Å². The molecule has 2 aromatic rings. The van der Waals surface area contributed by atoms with E-state index in [9.17, 15) is 0 Å². The first kappa shape index (κ1) is 16.6. The van der Waals surface area contributed by atoms with Crippen LogP contribution in [0.4, 0.5) is 0 Å². The molecule has 0 unspecified atom stereocenters. The Bertz CT molecular complexity index is 641. The molecule has 6 nitrogen and oxygen atoms in total. The van der Waals surface area contributed by atoms with Gasteiger partial charge in [-0.05, 0) is 23.8 Å². The molecule has 0 bridgehead atoms. The number of nitrogens with one attached hydrogen (secondary N) is 2. The van der Waals surface area contributed by atoms with Crippen LogP contribution in [0.2, 0.25) is 0 Å². The average molecular weight is 314 g/mol. The molecular formula is C17H22N4O2. The standard InChI is InChI=1S/C17H22N4O2/c1-18-17(20-11-13-6-8-15(22-2)9-7-13)21-12-14-5-4-10-19-16(14)23-3/h4-10H,11-12H2,1-3H3,(H2,18,20,21). The number of hydrogen-bond donors (Lipinski definition) is 2. The van der Waals surface area contributed by atoms with Crippen molar-refractivity contribution in [1.82, 2.24) is 15.6 Å².